The van der Waals surface area contributed by atoms with Crippen molar-refractivity contribution in [3.8, 4) is 0 Å². The van der Waals surface area contributed by atoms with Crippen molar-refractivity contribution in [3.05, 3.63) is 58.1 Å². The molecule has 0 radical (unpaired) electrons. The van der Waals surface area contributed by atoms with Gasteiger partial charge in [0.2, 0.25) is 5.91 Å². The number of nitrogens with one attached hydrogen (secondary N) is 2. The van der Waals surface area contributed by atoms with Crippen LogP contribution in [0.2, 0.25) is 10.0 Å². The van der Waals surface area contributed by atoms with Gasteiger partial charge in [0, 0.05) is 23.6 Å². The summed E-state index contributed by atoms with van der Waals surface area (Å²) in [7, 11) is 1.28. The highest BCUT2D eigenvalue weighted by Crippen LogP contribution is 2.25. The number of anilines is 2. The van der Waals surface area contributed by atoms with E-state index in [-0.39, 0.29) is 30.2 Å². The van der Waals surface area contributed by atoms with Crippen LogP contribution in [0.3, 0.4) is 0 Å². The van der Waals surface area contributed by atoms with Crippen LogP contribution in [0.15, 0.2) is 42.5 Å². The molecule has 0 aliphatic rings. The number of halogens is 2. The fourth-order valence-corrected chi connectivity index (χ4v) is 2.88. The first kappa shape index (κ1) is 24.2. The maximum atomic E-state index is 12.0. The number of hydrogen-bond acceptors (Lipinski definition) is 6. The van der Waals surface area contributed by atoms with Crippen molar-refractivity contribution in [2.24, 2.45) is 0 Å². The number of carbonyl (C=O) groups is 4. The zero-order chi connectivity index (χ0) is 22.8. The number of ether oxygens (including phenoxy) is 2. The summed E-state index contributed by atoms with van der Waals surface area (Å²) in [6.45, 7) is -0.476. The molecule has 0 fully saturated rings. The molecule has 0 aliphatic heterocycles. The van der Waals surface area contributed by atoms with Gasteiger partial charge in [-0.25, -0.2) is 4.79 Å². The van der Waals surface area contributed by atoms with Gasteiger partial charge in [0.15, 0.2) is 6.61 Å². The van der Waals surface area contributed by atoms with Gasteiger partial charge >= 0.3 is 11.9 Å². The fourth-order valence-electron chi connectivity index (χ4n) is 2.42. The van der Waals surface area contributed by atoms with Gasteiger partial charge in [-0.3, -0.25) is 14.4 Å². The van der Waals surface area contributed by atoms with Crippen LogP contribution in [0.5, 0.6) is 0 Å². The first-order valence-corrected chi connectivity index (χ1v) is 9.93. The monoisotopic (exact) mass is 466 g/mol. The van der Waals surface area contributed by atoms with Crippen LogP contribution in [-0.2, 0) is 23.9 Å². The number of rotatable bonds is 9. The van der Waals surface area contributed by atoms with Crippen LogP contribution in [-0.4, -0.2) is 37.5 Å². The predicted molar refractivity (Wildman–Crippen MR) is 116 cm³/mol. The van der Waals surface area contributed by atoms with E-state index in [4.69, 9.17) is 27.9 Å². The highest BCUT2D eigenvalue weighted by Gasteiger charge is 2.11. The number of methoxy groups -OCH3 is 1. The largest absolute Gasteiger partial charge is 0.465 e. The molecule has 31 heavy (non-hydrogen) atoms. The molecule has 0 spiro atoms. The number of esters is 2. The van der Waals surface area contributed by atoms with Crippen LogP contribution < -0.4 is 10.6 Å². The lowest BCUT2D eigenvalue weighted by molar-refractivity contribution is -0.147. The zero-order valence-corrected chi connectivity index (χ0v) is 18.1. The number of hydrogen-bond donors (Lipinski definition) is 2. The lowest BCUT2D eigenvalue weighted by atomic mass is 10.2. The van der Waals surface area contributed by atoms with Crippen molar-refractivity contribution >= 4 is 58.3 Å². The Labute approximate surface area is 188 Å². The Morgan fingerprint density at radius 3 is 2.26 bits per heavy atom. The molecule has 2 amide bonds. The lowest BCUT2D eigenvalue weighted by Gasteiger charge is -2.08. The minimum atomic E-state index is -0.604. The van der Waals surface area contributed by atoms with Crippen molar-refractivity contribution in [1.29, 1.82) is 0 Å². The Morgan fingerprint density at radius 2 is 1.61 bits per heavy atom. The van der Waals surface area contributed by atoms with Crippen LogP contribution in [0.4, 0.5) is 11.4 Å². The first-order chi connectivity index (χ1) is 14.8. The molecule has 2 rings (SSSR count). The second kappa shape index (κ2) is 11.9. The summed E-state index contributed by atoms with van der Waals surface area (Å²) in [6, 6.07) is 10.8. The minimum Gasteiger partial charge on any atom is -0.465 e. The van der Waals surface area contributed by atoms with E-state index < -0.39 is 24.5 Å². The maximum absolute atomic E-state index is 12.0. The molecule has 2 N–H and O–H groups in total. The summed E-state index contributed by atoms with van der Waals surface area (Å²) in [5.41, 5.74) is 1.23. The Balaban J connectivity index is 1.66. The lowest BCUT2D eigenvalue weighted by Crippen LogP contribution is -2.21. The molecule has 0 aromatic heterocycles. The van der Waals surface area contributed by atoms with Gasteiger partial charge in [-0.2, -0.15) is 0 Å². The van der Waals surface area contributed by atoms with E-state index in [9.17, 15) is 19.2 Å². The molecule has 0 atom stereocenters. The van der Waals surface area contributed by atoms with Crippen LogP contribution in [0.25, 0.3) is 0 Å². The third-order valence-electron chi connectivity index (χ3n) is 3.94. The Morgan fingerprint density at radius 1 is 0.903 bits per heavy atom. The minimum absolute atomic E-state index is 0.0241. The molecule has 0 bridgehead atoms. The summed E-state index contributed by atoms with van der Waals surface area (Å²) in [5, 5.41) is 5.86. The SMILES string of the molecule is COC(=O)c1ccc(NC(=O)CCCC(=O)OCC(=O)Nc2ccc(Cl)cc2Cl)cc1. The molecule has 0 saturated carbocycles. The molecule has 0 aliphatic carbocycles. The molecule has 2 aromatic carbocycles. The normalized spacial score (nSPS) is 10.2. The summed E-state index contributed by atoms with van der Waals surface area (Å²) in [5.74, 6) is -1.92. The molecular weight excluding hydrogens is 447 g/mol. The van der Waals surface area contributed by atoms with Gasteiger partial charge in [0.05, 0.1) is 23.4 Å². The van der Waals surface area contributed by atoms with Crippen molar-refractivity contribution < 1.29 is 28.7 Å². The molecule has 0 unspecified atom stereocenters. The summed E-state index contributed by atoms with van der Waals surface area (Å²) >= 11 is 11.7. The van der Waals surface area contributed by atoms with Crippen LogP contribution in [0, 0.1) is 0 Å². The zero-order valence-electron chi connectivity index (χ0n) is 16.6. The van der Waals surface area contributed by atoms with Crippen molar-refractivity contribution in [3.63, 3.8) is 0 Å². The van der Waals surface area contributed by atoms with E-state index in [0.717, 1.165) is 0 Å². The number of carbonyl (C=O) groups excluding carboxylic acids is 4. The van der Waals surface area contributed by atoms with Gasteiger partial charge in [0.1, 0.15) is 0 Å². The van der Waals surface area contributed by atoms with E-state index in [1.807, 2.05) is 0 Å². The average molecular weight is 467 g/mol. The highest BCUT2D eigenvalue weighted by molar-refractivity contribution is 6.36. The Hall–Kier alpha value is -3.10. The second-order valence-corrected chi connectivity index (χ2v) is 7.15. The van der Waals surface area contributed by atoms with Crippen LogP contribution >= 0.6 is 23.2 Å². The van der Waals surface area contributed by atoms with Gasteiger partial charge in [0.25, 0.3) is 5.91 Å². The van der Waals surface area contributed by atoms with Crippen molar-refractivity contribution in [1.82, 2.24) is 0 Å². The summed E-state index contributed by atoms with van der Waals surface area (Å²) < 4.78 is 9.49. The van der Waals surface area contributed by atoms with Gasteiger partial charge in [-0.05, 0) is 48.9 Å². The number of amides is 2. The van der Waals surface area contributed by atoms with E-state index >= 15 is 0 Å². The molecule has 2 aromatic rings. The van der Waals surface area contributed by atoms with Gasteiger partial charge < -0.3 is 20.1 Å². The van der Waals surface area contributed by atoms with E-state index in [2.05, 4.69) is 15.4 Å². The third kappa shape index (κ3) is 8.27. The van der Waals surface area contributed by atoms with Crippen LogP contribution in [0.1, 0.15) is 29.6 Å². The molecule has 8 nitrogen and oxygen atoms in total. The van der Waals surface area contributed by atoms with E-state index in [0.29, 0.717) is 22.0 Å². The summed E-state index contributed by atoms with van der Waals surface area (Å²) in [4.78, 5) is 46.9. The maximum Gasteiger partial charge on any atom is 0.337 e. The standard InChI is InChI=1S/C21H20Cl2N2O6/c1-30-21(29)13-5-8-15(9-6-13)24-18(26)3-2-4-20(28)31-12-19(27)25-17-10-7-14(22)11-16(17)23/h5-11H,2-4,12H2,1H3,(H,24,26)(H,25,27). The van der Waals surface area contributed by atoms with E-state index in [1.54, 1.807) is 18.2 Å². The first-order valence-electron chi connectivity index (χ1n) is 9.17. The molecule has 0 saturated heterocycles. The average Bonchev–Trinajstić information content (AvgIpc) is 2.74. The molecular formula is C21H20Cl2N2O6. The van der Waals surface area contributed by atoms with E-state index in [1.165, 1.54) is 31.4 Å². The van der Waals surface area contributed by atoms with Gasteiger partial charge in [-0.1, -0.05) is 23.2 Å². The Bertz CT molecular complexity index is 963. The second-order valence-electron chi connectivity index (χ2n) is 6.30. The van der Waals surface area contributed by atoms with Crippen molar-refractivity contribution in [2.45, 2.75) is 19.3 Å². The number of benzene rings is 2. The topological polar surface area (TPSA) is 111 Å². The van der Waals surface area contributed by atoms with Gasteiger partial charge in [-0.15, -0.1) is 0 Å². The highest BCUT2D eigenvalue weighted by atomic mass is 35.5. The predicted octanol–water partition coefficient (Wildman–Crippen LogP) is 4.07. The molecule has 164 valence electrons. The third-order valence-corrected chi connectivity index (χ3v) is 4.49. The quantitative estimate of drug-likeness (QED) is 0.538. The Kier molecular flexibility index (Phi) is 9.30. The molecule has 10 heteroatoms. The molecule has 0 heterocycles. The smallest absolute Gasteiger partial charge is 0.337 e. The van der Waals surface area contributed by atoms with Crippen molar-refractivity contribution in [2.75, 3.05) is 24.4 Å². The fraction of sp³-hybridized carbons (Fsp3) is 0.238. The summed E-state index contributed by atoms with van der Waals surface area (Å²) in [6.07, 6.45) is 0.305.